The molecule has 0 bridgehead atoms. The maximum absolute atomic E-state index is 12.7. The summed E-state index contributed by atoms with van der Waals surface area (Å²) in [5.41, 5.74) is 7.51. The van der Waals surface area contributed by atoms with Crippen LogP contribution in [-0.4, -0.2) is 39.9 Å². The number of amides is 1. The lowest BCUT2D eigenvalue weighted by atomic mass is 9.79. The van der Waals surface area contributed by atoms with Crippen LogP contribution in [0.25, 0.3) is 0 Å². The molecule has 1 saturated heterocycles. The lowest BCUT2D eigenvalue weighted by Gasteiger charge is -2.42. The van der Waals surface area contributed by atoms with E-state index in [2.05, 4.69) is 23.8 Å². The van der Waals surface area contributed by atoms with Gasteiger partial charge in [0.1, 0.15) is 6.33 Å². The molecule has 0 spiro atoms. The first-order valence-electron chi connectivity index (χ1n) is 7.17. The molecule has 1 unspecified atom stereocenters. The van der Waals surface area contributed by atoms with Gasteiger partial charge in [-0.1, -0.05) is 27.7 Å². The minimum Gasteiger partial charge on any atom is -0.338 e. The number of carbonyl (C=O) groups is 1. The van der Waals surface area contributed by atoms with Crippen molar-refractivity contribution >= 4 is 18.3 Å². The summed E-state index contributed by atoms with van der Waals surface area (Å²) in [7, 11) is 0. The van der Waals surface area contributed by atoms with Crippen LogP contribution in [0.3, 0.4) is 0 Å². The largest absolute Gasteiger partial charge is 0.338 e. The zero-order valence-corrected chi connectivity index (χ0v) is 14.0. The fraction of sp³-hybridized carbons (Fsp3) is 0.667. The molecule has 0 aliphatic carbocycles. The lowest BCUT2D eigenvalue weighted by molar-refractivity contribution is 0.0530. The zero-order chi connectivity index (χ0) is 14.9. The van der Waals surface area contributed by atoms with E-state index in [-0.39, 0.29) is 35.7 Å². The molecule has 118 valence electrons. The number of nitrogens with zero attached hydrogens (tertiary/aromatic N) is 3. The van der Waals surface area contributed by atoms with Crippen LogP contribution in [0.15, 0.2) is 12.5 Å². The molecule has 1 aromatic rings. The molecule has 2 N–H and O–H groups in total. The molecule has 1 aliphatic heterocycles. The highest BCUT2D eigenvalue weighted by atomic mass is 35.5. The number of hydrogen-bond donors (Lipinski definition) is 1. The molecule has 1 fully saturated rings. The van der Waals surface area contributed by atoms with E-state index in [0.717, 1.165) is 12.1 Å². The fourth-order valence-electron chi connectivity index (χ4n) is 2.68. The summed E-state index contributed by atoms with van der Waals surface area (Å²) in [6.07, 6.45) is 3.97. The number of halogens is 1. The van der Waals surface area contributed by atoms with Gasteiger partial charge in [0.2, 0.25) is 0 Å². The van der Waals surface area contributed by atoms with Crippen LogP contribution in [0.5, 0.6) is 0 Å². The second-order valence-electron chi connectivity index (χ2n) is 6.59. The summed E-state index contributed by atoms with van der Waals surface area (Å²) >= 11 is 0. The molecule has 1 aromatic heterocycles. The predicted molar refractivity (Wildman–Crippen MR) is 85.6 cm³/mol. The quantitative estimate of drug-likeness (QED) is 0.909. The van der Waals surface area contributed by atoms with Crippen molar-refractivity contribution in [1.82, 2.24) is 14.9 Å². The standard InChI is InChI=1S/C15H24N4O.ClH/c1-10(2)13-11(7-17-9-18-13)14(20)19-6-5-12(16)15(3,4)8-19;/h7,9-10,12H,5-6,8,16H2,1-4H3;1H. The molecule has 1 atom stereocenters. The minimum atomic E-state index is -0.0540. The van der Waals surface area contributed by atoms with Gasteiger partial charge in [0.25, 0.3) is 5.91 Å². The van der Waals surface area contributed by atoms with Gasteiger partial charge in [-0.3, -0.25) is 4.79 Å². The summed E-state index contributed by atoms with van der Waals surface area (Å²) in [5.74, 6) is 0.228. The van der Waals surface area contributed by atoms with Gasteiger partial charge >= 0.3 is 0 Å². The van der Waals surface area contributed by atoms with Crippen LogP contribution >= 0.6 is 12.4 Å². The average molecular weight is 313 g/mol. The maximum atomic E-state index is 12.7. The van der Waals surface area contributed by atoms with Crippen LogP contribution in [0.4, 0.5) is 0 Å². The second kappa shape index (κ2) is 6.71. The topological polar surface area (TPSA) is 72.1 Å². The van der Waals surface area contributed by atoms with E-state index in [1.165, 1.54) is 6.33 Å². The van der Waals surface area contributed by atoms with Crippen molar-refractivity contribution in [3.05, 3.63) is 23.8 Å². The Morgan fingerprint density at radius 2 is 2.14 bits per heavy atom. The van der Waals surface area contributed by atoms with Crippen LogP contribution in [0, 0.1) is 5.41 Å². The molecule has 1 aliphatic rings. The Kier molecular flexibility index (Phi) is 5.70. The van der Waals surface area contributed by atoms with Crippen molar-refractivity contribution in [3.63, 3.8) is 0 Å². The number of hydrogen-bond acceptors (Lipinski definition) is 4. The van der Waals surface area contributed by atoms with Gasteiger partial charge in [0.05, 0.1) is 11.3 Å². The van der Waals surface area contributed by atoms with E-state index in [1.54, 1.807) is 6.20 Å². The molecule has 0 aromatic carbocycles. The first kappa shape index (κ1) is 17.9. The smallest absolute Gasteiger partial charge is 0.257 e. The highest BCUT2D eigenvalue weighted by Crippen LogP contribution is 2.29. The van der Waals surface area contributed by atoms with Gasteiger partial charge in [-0.25, -0.2) is 9.97 Å². The van der Waals surface area contributed by atoms with Crippen molar-refractivity contribution in [2.75, 3.05) is 13.1 Å². The van der Waals surface area contributed by atoms with Crippen molar-refractivity contribution in [2.45, 2.75) is 46.1 Å². The molecule has 21 heavy (non-hydrogen) atoms. The van der Waals surface area contributed by atoms with Gasteiger partial charge in [-0.2, -0.15) is 0 Å². The number of carbonyl (C=O) groups excluding carboxylic acids is 1. The Labute approximate surface area is 132 Å². The maximum Gasteiger partial charge on any atom is 0.257 e. The summed E-state index contributed by atoms with van der Waals surface area (Å²) < 4.78 is 0. The Morgan fingerprint density at radius 3 is 2.71 bits per heavy atom. The van der Waals surface area contributed by atoms with E-state index in [9.17, 15) is 4.79 Å². The summed E-state index contributed by atoms with van der Waals surface area (Å²) in [6, 6.07) is 0.142. The van der Waals surface area contributed by atoms with Crippen LogP contribution < -0.4 is 5.73 Å². The molecule has 6 heteroatoms. The van der Waals surface area contributed by atoms with Crippen molar-refractivity contribution in [1.29, 1.82) is 0 Å². The Hall–Kier alpha value is -1.20. The number of likely N-dealkylation sites (tertiary alicyclic amines) is 1. The number of nitrogens with two attached hydrogens (primary N) is 1. The van der Waals surface area contributed by atoms with E-state index < -0.39 is 0 Å². The predicted octanol–water partition coefficient (Wildman–Crippen LogP) is 2.22. The van der Waals surface area contributed by atoms with Gasteiger partial charge < -0.3 is 10.6 Å². The number of aromatic nitrogens is 2. The van der Waals surface area contributed by atoms with Gasteiger partial charge in [-0.15, -0.1) is 12.4 Å². The Morgan fingerprint density at radius 1 is 1.48 bits per heavy atom. The van der Waals surface area contributed by atoms with E-state index in [4.69, 9.17) is 5.73 Å². The summed E-state index contributed by atoms with van der Waals surface area (Å²) in [4.78, 5) is 22.9. The SMILES string of the molecule is CC(C)c1ncncc1C(=O)N1CCC(N)C(C)(C)C1.Cl. The highest BCUT2D eigenvalue weighted by molar-refractivity contribution is 5.95. The molecular weight excluding hydrogens is 288 g/mol. The molecule has 0 saturated carbocycles. The van der Waals surface area contributed by atoms with Crippen molar-refractivity contribution in [2.24, 2.45) is 11.1 Å². The van der Waals surface area contributed by atoms with Crippen LogP contribution in [-0.2, 0) is 0 Å². The monoisotopic (exact) mass is 312 g/mol. The second-order valence-corrected chi connectivity index (χ2v) is 6.59. The number of piperidine rings is 1. The van der Waals surface area contributed by atoms with E-state index in [0.29, 0.717) is 18.7 Å². The molecule has 1 amide bonds. The summed E-state index contributed by atoms with van der Waals surface area (Å²) in [6.45, 7) is 9.68. The average Bonchev–Trinajstić information content (AvgIpc) is 2.41. The van der Waals surface area contributed by atoms with E-state index in [1.807, 2.05) is 18.7 Å². The first-order valence-corrected chi connectivity index (χ1v) is 7.17. The van der Waals surface area contributed by atoms with Gasteiger partial charge in [0, 0.05) is 25.3 Å². The van der Waals surface area contributed by atoms with Crippen molar-refractivity contribution < 1.29 is 4.79 Å². The van der Waals surface area contributed by atoms with Crippen LogP contribution in [0.2, 0.25) is 0 Å². The molecule has 2 heterocycles. The Bertz CT molecular complexity index is 504. The first-order chi connectivity index (χ1) is 9.33. The summed E-state index contributed by atoms with van der Waals surface area (Å²) in [5, 5.41) is 0. The normalized spacial score (nSPS) is 21.0. The van der Waals surface area contributed by atoms with Gasteiger partial charge in [0.15, 0.2) is 0 Å². The number of rotatable bonds is 2. The zero-order valence-electron chi connectivity index (χ0n) is 13.2. The third-order valence-corrected chi connectivity index (χ3v) is 4.12. The van der Waals surface area contributed by atoms with Crippen LogP contribution in [0.1, 0.15) is 56.1 Å². The molecular formula is C15H25ClN4O. The van der Waals surface area contributed by atoms with Gasteiger partial charge in [-0.05, 0) is 17.8 Å². The van der Waals surface area contributed by atoms with Crippen molar-refractivity contribution in [3.8, 4) is 0 Å². The molecule has 2 rings (SSSR count). The molecule has 5 nitrogen and oxygen atoms in total. The molecule has 0 radical (unpaired) electrons. The third kappa shape index (κ3) is 3.71. The fourth-order valence-corrected chi connectivity index (χ4v) is 2.68. The lowest BCUT2D eigenvalue weighted by Crippen LogP contribution is -2.54. The van der Waals surface area contributed by atoms with E-state index >= 15 is 0 Å². The highest BCUT2D eigenvalue weighted by Gasteiger charge is 2.36. The minimum absolute atomic E-state index is 0. The Balaban J connectivity index is 0.00000220. The third-order valence-electron chi connectivity index (χ3n) is 4.12.